The van der Waals surface area contributed by atoms with Crippen molar-refractivity contribution in [3.63, 3.8) is 0 Å². The smallest absolute Gasteiger partial charge is 0.0372 e. The summed E-state index contributed by atoms with van der Waals surface area (Å²) in [5, 5.41) is 7.87. The molecule has 0 aromatic heterocycles. The monoisotopic (exact) mass is 738 g/mol. The Morgan fingerprint density at radius 3 is 1.58 bits per heavy atom. The lowest BCUT2D eigenvalue weighted by molar-refractivity contribution is 0.578. The Labute approximate surface area is 337 Å². The van der Waals surface area contributed by atoms with E-state index in [0.29, 0.717) is 0 Å². The summed E-state index contributed by atoms with van der Waals surface area (Å²) in [6.07, 6.45) is 7.66. The SMILES string of the molecule is CC1(C)c2ccccc2-c2ccc(-c3c4cc(N5CCCCC5)ccc4c(-c4cc5ccccc5cc4-c4ccccc4)c4cc(N5CCCCC5)ccc34)cc21. The third kappa shape index (κ3) is 5.67. The maximum absolute atomic E-state index is 2.63. The van der Waals surface area contributed by atoms with E-state index in [4.69, 9.17) is 0 Å². The number of anilines is 2. The normalized spacial score (nSPS) is 16.3. The van der Waals surface area contributed by atoms with Crippen molar-refractivity contribution >= 4 is 43.7 Å². The molecule has 2 heterocycles. The van der Waals surface area contributed by atoms with E-state index in [2.05, 4.69) is 169 Å². The average Bonchev–Trinajstić information content (AvgIpc) is 3.50. The topological polar surface area (TPSA) is 6.48 Å². The molecule has 1 aliphatic carbocycles. The van der Waals surface area contributed by atoms with Crippen molar-refractivity contribution in [1.29, 1.82) is 0 Å². The molecular weight excluding hydrogens is 689 g/mol. The fraction of sp³-hybridized carbons (Fsp3) is 0.236. The summed E-state index contributed by atoms with van der Waals surface area (Å²) in [6.45, 7) is 9.29. The number of hydrogen-bond donors (Lipinski definition) is 0. The second-order valence-corrected chi connectivity index (χ2v) is 17.3. The van der Waals surface area contributed by atoms with E-state index in [-0.39, 0.29) is 5.41 Å². The van der Waals surface area contributed by atoms with Gasteiger partial charge in [-0.2, -0.15) is 0 Å². The summed E-state index contributed by atoms with van der Waals surface area (Å²) in [6, 6.07) is 56.2. The van der Waals surface area contributed by atoms with Crippen LogP contribution in [0.3, 0.4) is 0 Å². The molecule has 2 saturated heterocycles. The van der Waals surface area contributed by atoms with E-state index in [1.165, 1.54) is 138 Å². The lowest BCUT2D eigenvalue weighted by Gasteiger charge is -2.31. The van der Waals surface area contributed by atoms with Crippen molar-refractivity contribution in [2.24, 2.45) is 0 Å². The van der Waals surface area contributed by atoms with Crippen LogP contribution in [0.5, 0.6) is 0 Å². The molecule has 0 N–H and O–H groups in total. The molecule has 0 atom stereocenters. The van der Waals surface area contributed by atoms with Gasteiger partial charge in [0.25, 0.3) is 0 Å². The van der Waals surface area contributed by atoms with Crippen LogP contribution in [-0.2, 0) is 5.41 Å². The standard InChI is InChI=1S/C55H50N2/c1-55(2)51-21-11-10-20-43(51)44-25-22-40(34-52(44)55)53-45-26-23-42(57-30-14-5-15-31-57)36-50(45)54(46-27-24-41(35-49(46)53)56-28-12-4-13-29-56)48-33-39-19-9-8-18-38(39)32-47(48)37-16-6-3-7-17-37/h3,6-11,16-27,32-36H,4-5,12-15,28-31H2,1-2H3. The maximum atomic E-state index is 2.63. The number of nitrogens with zero attached hydrogens (tertiary/aromatic N) is 2. The van der Waals surface area contributed by atoms with Gasteiger partial charge in [-0.3, -0.25) is 0 Å². The summed E-state index contributed by atoms with van der Waals surface area (Å²) in [4.78, 5) is 5.26. The van der Waals surface area contributed by atoms with Crippen molar-refractivity contribution in [3.05, 3.63) is 157 Å². The van der Waals surface area contributed by atoms with Gasteiger partial charge >= 0.3 is 0 Å². The van der Waals surface area contributed by atoms with Gasteiger partial charge in [0.05, 0.1) is 0 Å². The zero-order valence-corrected chi connectivity index (χ0v) is 33.3. The van der Waals surface area contributed by atoms with E-state index in [9.17, 15) is 0 Å². The van der Waals surface area contributed by atoms with Crippen LogP contribution in [0.1, 0.15) is 63.5 Å². The zero-order valence-electron chi connectivity index (χ0n) is 33.3. The molecule has 3 aliphatic rings. The number of hydrogen-bond acceptors (Lipinski definition) is 2. The molecule has 0 spiro atoms. The quantitative estimate of drug-likeness (QED) is 0.162. The van der Waals surface area contributed by atoms with Gasteiger partial charge in [0.2, 0.25) is 0 Å². The number of piperidine rings is 2. The molecule has 2 nitrogen and oxygen atoms in total. The van der Waals surface area contributed by atoms with E-state index >= 15 is 0 Å². The zero-order chi connectivity index (χ0) is 38.1. The van der Waals surface area contributed by atoms with Gasteiger partial charge in [-0.1, -0.05) is 117 Å². The van der Waals surface area contributed by atoms with Crippen LogP contribution in [0.4, 0.5) is 11.4 Å². The molecule has 2 heteroatoms. The largest absolute Gasteiger partial charge is 0.372 e. The summed E-state index contributed by atoms with van der Waals surface area (Å²) < 4.78 is 0. The molecule has 2 fully saturated rings. The van der Waals surface area contributed by atoms with Crippen molar-refractivity contribution in [3.8, 4) is 44.5 Å². The van der Waals surface area contributed by atoms with E-state index in [1.54, 1.807) is 0 Å². The van der Waals surface area contributed by atoms with Crippen molar-refractivity contribution in [2.45, 2.75) is 57.8 Å². The van der Waals surface area contributed by atoms with E-state index in [1.807, 2.05) is 0 Å². The molecule has 0 amide bonds. The van der Waals surface area contributed by atoms with Gasteiger partial charge in [0.1, 0.15) is 0 Å². The predicted molar refractivity (Wildman–Crippen MR) is 245 cm³/mol. The third-order valence-corrected chi connectivity index (χ3v) is 13.6. The Kier molecular flexibility index (Phi) is 8.24. The van der Waals surface area contributed by atoms with E-state index < -0.39 is 0 Å². The summed E-state index contributed by atoms with van der Waals surface area (Å²) >= 11 is 0. The first-order valence-corrected chi connectivity index (χ1v) is 21.4. The first-order valence-electron chi connectivity index (χ1n) is 21.4. The minimum Gasteiger partial charge on any atom is -0.372 e. The first kappa shape index (κ1) is 34.4. The molecule has 11 rings (SSSR count). The summed E-state index contributed by atoms with van der Waals surface area (Å²) in [5.41, 5.74) is 16.0. The molecule has 0 saturated carbocycles. The highest BCUT2D eigenvalue weighted by Gasteiger charge is 2.35. The molecule has 0 unspecified atom stereocenters. The van der Waals surface area contributed by atoms with E-state index in [0.717, 1.165) is 26.2 Å². The van der Waals surface area contributed by atoms with Crippen molar-refractivity contribution in [2.75, 3.05) is 36.0 Å². The van der Waals surface area contributed by atoms with Gasteiger partial charge < -0.3 is 9.80 Å². The van der Waals surface area contributed by atoms with Crippen LogP contribution in [0.25, 0.3) is 76.8 Å². The molecule has 57 heavy (non-hydrogen) atoms. The fourth-order valence-electron chi connectivity index (χ4n) is 10.7. The molecule has 8 aromatic carbocycles. The molecular formula is C55H50N2. The molecule has 280 valence electrons. The van der Waals surface area contributed by atoms with Crippen LogP contribution < -0.4 is 9.80 Å². The lowest BCUT2D eigenvalue weighted by Crippen LogP contribution is -2.29. The van der Waals surface area contributed by atoms with Crippen LogP contribution in [0.15, 0.2) is 146 Å². The van der Waals surface area contributed by atoms with Gasteiger partial charge in [-0.25, -0.2) is 0 Å². The Balaban J connectivity index is 1.26. The molecule has 8 aromatic rings. The predicted octanol–water partition coefficient (Wildman–Crippen LogP) is 14.4. The Morgan fingerprint density at radius 1 is 0.368 bits per heavy atom. The highest BCUT2D eigenvalue weighted by atomic mass is 15.1. The first-order chi connectivity index (χ1) is 28.0. The Hall–Kier alpha value is -5.86. The number of fused-ring (bicyclic) bond motifs is 6. The highest BCUT2D eigenvalue weighted by molar-refractivity contribution is 6.24. The summed E-state index contributed by atoms with van der Waals surface area (Å²) in [7, 11) is 0. The molecule has 0 bridgehead atoms. The fourth-order valence-corrected chi connectivity index (χ4v) is 10.7. The van der Waals surface area contributed by atoms with Gasteiger partial charge in [-0.15, -0.1) is 0 Å². The lowest BCUT2D eigenvalue weighted by atomic mass is 9.79. The third-order valence-electron chi connectivity index (χ3n) is 13.6. The van der Waals surface area contributed by atoms with Crippen LogP contribution in [0, 0.1) is 0 Å². The Morgan fingerprint density at radius 2 is 0.912 bits per heavy atom. The second kappa shape index (κ2) is 13.7. The van der Waals surface area contributed by atoms with Crippen molar-refractivity contribution in [1.82, 2.24) is 0 Å². The van der Waals surface area contributed by atoms with Gasteiger partial charge in [0.15, 0.2) is 0 Å². The van der Waals surface area contributed by atoms with Crippen molar-refractivity contribution < 1.29 is 0 Å². The molecule has 2 aliphatic heterocycles. The Bertz CT molecular complexity index is 2830. The van der Waals surface area contributed by atoms with Gasteiger partial charge in [-0.05, 0) is 169 Å². The average molecular weight is 739 g/mol. The molecule has 0 radical (unpaired) electrons. The van der Waals surface area contributed by atoms with Crippen LogP contribution >= 0.6 is 0 Å². The number of rotatable bonds is 5. The minimum absolute atomic E-state index is 0.0798. The summed E-state index contributed by atoms with van der Waals surface area (Å²) in [5.74, 6) is 0. The number of benzene rings is 8. The maximum Gasteiger partial charge on any atom is 0.0372 e. The van der Waals surface area contributed by atoms with Crippen LogP contribution in [-0.4, -0.2) is 26.2 Å². The van der Waals surface area contributed by atoms with Crippen LogP contribution in [0.2, 0.25) is 0 Å². The highest BCUT2D eigenvalue weighted by Crippen LogP contribution is 2.53. The second-order valence-electron chi connectivity index (χ2n) is 17.3. The minimum atomic E-state index is -0.0798. The van der Waals surface area contributed by atoms with Gasteiger partial charge in [0, 0.05) is 43.0 Å².